The van der Waals surface area contributed by atoms with Crippen LogP contribution in [-0.4, -0.2) is 28.6 Å². The molecule has 28 heavy (non-hydrogen) atoms. The van der Waals surface area contributed by atoms with Gasteiger partial charge in [-0.3, -0.25) is 4.79 Å². The smallest absolute Gasteiger partial charge is 0.220 e. The van der Waals surface area contributed by atoms with Gasteiger partial charge in [0.1, 0.15) is 11.6 Å². The van der Waals surface area contributed by atoms with E-state index in [0.717, 1.165) is 23.7 Å². The lowest BCUT2D eigenvalue weighted by Crippen LogP contribution is -2.26. The van der Waals surface area contributed by atoms with Crippen LogP contribution in [0.4, 0.5) is 0 Å². The highest BCUT2D eigenvalue weighted by molar-refractivity contribution is 5.76. The maximum absolute atomic E-state index is 12.2. The van der Waals surface area contributed by atoms with Crippen molar-refractivity contribution in [3.63, 3.8) is 0 Å². The Kier molecular flexibility index (Phi) is 7.24. The maximum atomic E-state index is 12.2. The van der Waals surface area contributed by atoms with Gasteiger partial charge in [0.05, 0.1) is 6.61 Å². The van der Waals surface area contributed by atoms with Gasteiger partial charge in [0.2, 0.25) is 5.91 Å². The molecule has 0 saturated carbocycles. The Morgan fingerprint density at radius 2 is 1.86 bits per heavy atom. The maximum Gasteiger partial charge on any atom is 0.220 e. The minimum atomic E-state index is 0.0486. The number of imidazole rings is 1. The van der Waals surface area contributed by atoms with E-state index in [1.54, 1.807) is 0 Å². The van der Waals surface area contributed by atoms with Crippen LogP contribution in [0.15, 0.2) is 67.0 Å². The van der Waals surface area contributed by atoms with E-state index in [4.69, 9.17) is 4.74 Å². The van der Waals surface area contributed by atoms with Crippen molar-refractivity contribution in [1.29, 1.82) is 0 Å². The molecular formula is C23H27N3O2. The van der Waals surface area contributed by atoms with E-state index >= 15 is 0 Å². The summed E-state index contributed by atoms with van der Waals surface area (Å²) >= 11 is 0. The molecule has 0 aliphatic carbocycles. The van der Waals surface area contributed by atoms with Crippen LogP contribution in [0.1, 0.15) is 30.3 Å². The third-order valence-electron chi connectivity index (χ3n) is 4.56. The van der Waals surface area contributed by atoms with E-state index in [2.05, 4.69) is 27.0 Å². The molecule has 0 fully saturated rings. The molecule has 0 aliphatic rings. The second kappa shape index (κ2) is 10.3. The second-order valence-corrected chi connectivity index (χ2v) is 6.60. The number of nitrogens with zero attached hydrogens (tertiary/aromatic N) is 2. The summed E-state index contributed by atoms with van der Waals surface area (Å²) in [5, 5.41) is 3.00. The zero-order valence-electron chi connectivity index (χ0n) is 16.3. The number of para-hydroxylation sites is 1. The number of hydrogen-bond donors (Lipinski definition) is 1. The van der Waals surface area contributed by atoms with Gasteiger partial charge in [-0.2, -0.15) is 0 Å². The molecule has 3 rings (SSSR count). The van der Waals surface area contributed by atoms with Crippen LogP contribution in [-0.2, 0) is 24.2 Å². The number of aromatic nitrogens is 2. The van der Waals surface area contributed by atoms with Crippen molar-refractivity contribution in [2.45, 2.75) is 32.7 Å². The highest BCUT2D eigenvalue weighted by Gasteiger charge is 2.08. The molecule has 2 aromatic carbocycles. The fourth-order valence-corrected chi connectivity index (χ4v) is 3.15. The molecule has 0 unspecified atom stereocenters. The zero-order chi connectivity index (χ0) is 19.6. The number of aryl methyl sites for hydroxylation is 1. The summed E-state index contributed by atoms with van der Waals surface area (Å²) in [4.78, 5) is 16.6. The summed E-state index contributed by atoms with van der Waals surface area (Å²) in [5.74, 6) is 1.89. The molecule has 0 saturated heterocycles. The number of rotatable bonds is 10. The van der Waals surface area contributed by atoms with Gasteiger partial charge < -0.3 is 14.6 Å². The Balaban J connectivity index is 1.44. The van der Waals surface area contributed by atoms with E-state index in [-0.39, 0.29) is 5.91 Å². The number of benzene rings is 2. The number of amides is 1. The Hall–Kier alpha value is -3.08. The van der Waals surface area contributed by atoms with Crippen molar-refractivity contribution in [2.75, 3.05) is 13.2 Å². The lowest BCUT2D eigenvalue weighted by molar-refractivity contribution is -0.121. The van der Waals surface area contributed by atoms with Crippen molar-refractivity contribution in [3.8, 4) is 5.75 Å². The summed E-state index contributed by atoms with van der Waals surface area (Å²) < 4.78 is 7.74. The van der Waals surface area contributed by atoms with Gasteiger partial charge in [-0.15, -0.1) is 0 Å². The molecule has 146 valence electrons. The number of nitrogens with one attached hydrogen (secondary N) is 1. The fraction of sp³-hybridized carbons (Fsp3) is 0.304. The predicted molar refractivity (Wildman–Crippen MR) is 110 cm³/mol. The third kappa shape index (κ3) is 5.71. The lowest BCUT2D eigenvalue weighted by Gasteiger charge is -2.11. The molecular weight excluding hydrogens is 350 g/mol. The van der Waals surface area contributed by atoms with E-state index in [0.29, 0.717) is 32.4 Å². The molecule has 1 aromatic heterocycles. The molecule has 3 aromatic rings. The average molecular weight is 377 g/mol. The first-order valence-electron chi connectivity index (χ1n) is 9.77. The van der Waals surface area contributed by atoms with Crippen molar-refractivity contribution >= 4 is 5.91 Å². The monoisotopic (exact) mass is 377 g/mol. The van der Waals surface area contributed by atoms with Gasteiger partial charge in [0.15, 0.2) is 0 Å². The lowest BCUT2D eigenvalue weighted by atomic mass is 10.1. The summed E-state index contributed by atoms with van der Waals surface area (Å²) in [5.41, 5.74) is 2.30. The van der Waals surface area contributed by atoms with E-state index in [1.807, 2.05) is 61.8 Å². The van der Waals surface area contributed by atoms with E-state index in [1.165, 1.54) is 5.56 Å². The quantitative estimate of drug-likeness (QED) is 0.587. The Bertz CT molecular complexity index is 874. The first-order valence-corrected chi connectivity index (χ1v) is 9.77. The molecule has 0 spiro atoms. The Labute approximate surface area is 166 Å². The fourth-order valence-electron chi connectivity index (χ4n) is 3.15. The van der Waals surface area contributed by atoms with Crippen molar-refractivity contribution in [3.05, 3.63) is 83.9 Å². The minimum Gasteiger partial charge on any atom is -0.494 e. The van der Waals surface area contributed by atoms with E-state index < -0.39 is 0 Å². The van der Waals surface area contributed by atoms with Crippen molar-refractivity contribution in [1.82, 2.24) is 14.9 Å². The van der Waals surface area contributed by atoms with Gasteiger partial charge in [0, 0.05) is 38.3 Å². The molecule has 0 aliphatic heterocycles. The van der Waals surface area contributed by atoms with Crippen LogP contribution in [0.3, 0.4) is 0 Å². The van der Waals surface area contributed by atoms with Gasteiger partial charge in [-0.25, -0.2) is 4.98 Å². The summed E-state index contributed by atoms with van der Waals surface area (Å²) in [6, 6.07) is 18.2. The highest BCUT2D eigenvalue weighted by Crippen LogP contribution is 2.19. The number of hydrogen-bond acceptors (Lipinski definition) is 3. The van der Waals surface area contributed by atoms with Gasteiger partial charge >= 0.3 is 0 Å². The SMILES string of the molecule is CCOc1ccccc1CCC(=O)NCCc1nccn1Cc1ccccc1. The van der Waals surface area contributed by atoms with Crippen LogP contribution < -0.4 is 10.1 Å². The largest absolute Gasteiger partial charge is 0.494 e. The van der Waals surface area contributed by atoms with Crippen LogP contribution in [0.25, 0.3) is 0 Å². The normalized spacial score (nSPS) is 10.6. The summed E-state index contributed by atoms with van der Waals surface area (Å²) in [7, 11) is 0. The van der Waals surface area contributed by atoms with Crippen LogP contribution in [0.5, 0.6) is 5.75 Å². The summed E-state index contributed by atoms with van der Waals surface area (Å²) in [6.45, 7) is 3.96. The second-order valence-electron chi connectivity index (χ2n) is 6.60. The standard InChI is InChI=1S/C23H27N3O2/c1-2-28-21-11-7-6-10-20(21)12-13-23(27)25-15-14-22-24-16-17-26(22)18-19-8-4-3-5-9-19/h3-11,16-17H,2,12-15,18H2,1H3,(H,25,27). The molecule has 5 heteroatoms. The molecule has 1 amide bonds. The summed E-state index contributed by atoms with van der Waals surface area (Å²) in [6.07, 6.45) is 5.62. The van der Waals surface area contributed by atoms with E-state index in [9.17, 15) is 4.79 Å². The molecule has 0 radical (unpaired) electrons. The van der Waals surface area contributed by atoms with Crippen LogP contribution in [0.2, 0.25) is 0 Å². The van der Waals surface area contributed by atoms with Crippen LogP contribution in [0, 0.1) is 0 Å². The van der Waals surface area contributed by atoms with Crippen LogP contribution >= 0.6 is 0 Å². The highest BCUT2D eigenvalue weighted by atomic mass is 16.5. The van der Waals surface area contributed by atoms with Gasteiger partial charge in [-0.05, 0) is 30.5 Å². The van der Waals surface area contributed by atoms with Gasteiger partial charge in [0.25, 0.3) is 0 Å². The number of carbonyl (C=O) groups is 1. The Morgan fingerprint density at radius 1 is 1.07 bits per heavy atom. The van der Waals surface area contributed by atoms with Gasteiger partial charge in [-0.1, -0.05) is 48.5 Å². The number of carbonyl (C=O) groups excluding carboxylic acids is 1. The zero-order valence-corrected chi connectivity index (χ0v) is 16.3. The average Bonchev–Trinajstić information content (AvgIpc) is 3.15. The minimum absolute atomic E-state index is 0.0486. The molecule has 0 atom stereocenters. The molecule has 0 bridgehead atoms. The molecule has 1 N–H and O–H groups in total. The number of ether oxygens (including phenoxy) is 1. The Morgan fingerprint density at radius 3 is 2.68 bits per heavy atom. The predicted octanol–water partition coefficient (Wildman–Crippen LogP) is 3.62. The first kappa shape index (κ1) is 19.7. The molecule has 1 heterocycles. The van der Waals surface area contributed by atoms with Crippen molar-refractivity contribution in [2.24, 2.45) is 0 Å². The third-order valence-corrected chi connectivity index (χ3v) is 4.56. The first-order chi connectivity index (χ1) is 13.8. The van der Waals surface area contributed by atoms with Crippen molar-refractivity contribution < 1.29 is 9.53 Å². The molecule has 5 nitrogen and oxygen atoms in total. The topological polar surface area (TPSA) is 56.1 Å².